The standard InChI is InChI=1S/C18H26N2S/c1-13(2)15-5-4-6-16(11-15)19-17-20-18(12-21-17)9-7-14(3)8-10-18/h4-6,11,13-14H,7-10,12H2,1-3H3,(H,19,20). The van der Waals surface area contributed by atoms with Gasteiger partial charge in [-0.15, -0.1) is 0 Å². The fourth-order valence-electron chi connectivity index (χ4n) is 3.20. The van der Waals surface area contributed by atoms with Crippen LogP contribution in [0, 0.1) is 5.92 Å². The molecule has 1 N–H and O–H groups in total. The molecule has 0 aromatic heterocycles. The van der Waals surface area contributed by atoms with Crippen LogP contribution in [-0.4, -0.2) is 16.5 Å². The summed E-state index contributed by atoms with van der Waals surface area (Å²) in [5.41, 5.74) is 2.79. The summed E-state index contributed by atoms with van der Waals surface area (Å²) in [7, 11) is 0. The number of thioether (sulfide) groups is 1. The molecule has 1 fully saturated rings. The van der Waals surface area contributed by atoms with E-state index in [2.05, 4.69) is 50.4 Å². The number of benzene rings is 1. The van der Waals surface area contributed by atoms with Crippen molar-refractivity contribution in [1.82, 2.24) is 0 Å². The van der Waals surface area contributed by atoms with Crippen LogP contribution >= 0.6 is 11.8 Å². The Morgan fingerprint density at radius 2 is 2.05 bits per heavy atom. The topological polar surface area (TPSA) is 24.4 Å². The van der Waals surface area contributed by atoms with Crippen molar-refractivity contribution in [2.24, 2.45) is 10.9 Å². The van der Waals surface area contributed by atoms with Crippen molar-refractivity contribution in [2.45, 2.75) is 57.9 Å². The van der Waals surface area contributed by atoms with Gasteiger partial charge in [0, 0.05) is 11.4 Å². The van der Waals surface area contributed by atoms with Crippen LogP contribution in [-0.2, 0) is 0 Å². The van der Waals surface area contributed by atoms with E-state index in [0.29, 0.717) is 5.92 Å². The highest BCUT2D eigenvalue weighted by atomic mass is 32.2. The highest BCUT2D eigenvalue weighted by Crippen LogP contribution is 2.41. The van der Waals surface area contributed by atoms with Gasteiger partial charge < -0.3 is 5.32 Å². The number of aliphatic imine (C=N–C) groups is 1. The Labute approximate surface area is 132 Å². The molecular weight excluding hydrogens is 276 g/mol. The van der Waals surface area contributed by atoms with Crippen molar-refractivity contribution in [3.63, 3.8) is 0 Å². The predicted octanol–water partition coefficient (Wildman–Crippen LogP) is 5.27. The van der Waals surface area contributed by atoms with E-state index in [9.17, 15) is 0 Å². The van der Waals surface area contributed by atoms with Crippen molar-refractivity contribution in [3.05, 3.63) is 29.8 Å². The van der Waals surface area contributed by atoms with Gasteiger partial charge in [-0.3, -0.25) is 4.99 Å². The second kappa shape index (κ2) is 6.04. The largest absolute Gasteiger partial charge is 0.335 e. The normalized spacial score (nSPS) is 29.0. The summed E-state index contributed by atoms with van der Waals surface area (Å²) in [5.74, 6) is 2.61. The van der Waals surface area contributed by atoms with E-state index in [-0.39, 0.29) is 5.54 Å². The highest BCUT2D eigenvalue weighted by molar-refractivity contribution is 8.14. The Morgan fingerprint density at radius 3 is 2.76 bits per heavy atom. The number of rotatable bonds is 2. The van der Waals surface area contributed by atoms with Crippen LogP contribution in [0.5, 0.6) is 0 Å². The van der Waals surface area contributed by atoms with Gasteiger partial charge in [0.15, 0.2) is 5.17 Å². The number of hydrogen-bond acceptors (Lipinski definition) is 3. The van der Waals surface area contributed by atoms with E-state index in [4.69, 9.17) is 4.99 Å². The molecule has 1 saturated carbocycles. The molecule has 2 nitrogen and oxygen atoms in total. The first-order valence-electron chi connectivity index (χ1n) is 8.16. The van der Waals surface area contributed by atoms with Gasteiger partial charge in [0.05, 0.1) is 5.54 Å². The van der Waals surface area contributed by atoms with E-state index in [0.717, 1.165) is 16.8 Å². The van der Waals surface area contributed by atoms with Crippen molar-refractivity contribution in [2.75, 3.05) is 11.1 Å². The molecular formula is C18H26N2S. The molecule has 1 aromatic rings. The molecule has 0 bridgehead atoms. The monoisotopic (exact) mass is 302 g/mol. The smallest absolute Gasteiger partial charge is 0.161 e. The van der Waals surface area contributed by atoms with Gasteiger partial charge in [0.25, 0.3) is 0 Å². The molecule has 0 amide bonds. The second-order valence-electron chi connectivity index (χ2n) is 7.02. The predicted molar refractivity (Wildman–Crippen MR) is 94.4 cm³/mol. The Morgan fingerprint density at radius 1 is 1.29 bits per heavy atom. The SMILES string of the molecule is CC1CCC2(CC1)CSC(Nc1cccc(C(C)C)c1)=N2. The third kappa shape index (κ3) is 3.45. The van der Waals surface area contributed by atoms with E-state index in [1.165, 1.54) is 36.9 Å². The maximum Gasteiger partial charge on any atom is 0.161 e. The Hall–Kier alpha value is -0.960. The van der Waals surface area contributed by atoms with E-state index in [1.807, 2.05) is 11.8 Å². The van der Waals surface area contributed by atoms with Crippen LogP contribution in [0.15, 0.2) is 29.3 Å². The van der Waals surface area contributed by atoms with Crippen molar-refractivity contribution < 1.29 is 0 Å². The van der Waals surface area contributed by atoms with E-state index in [1.54, 1.807) is 0 Å². The lowest BCUT2D eigenvalue weighted by Gasteiger charge is -2.32. The minimum Gasteiger partial charge on any atom is -0.335 e. The van der Waals surface area contributed by atoms with Gasteiger partial charge in [-0.2, -0.15) is 0 Å². The lowest BCUT2D eigenvalue weighted by molar-refractivity contribution is 0.273. The molecule has 1 heterocycles. The molecule has 21 heavy (non-hydrogen) atoms. The van der Waals surface area contributed by atoms with Crippen LogP contribution in [0.4, 0.5) is 5.69 Å². The van der Waals surface area contributed by atoms with Gasteiger partial charge in [-0.05, 0) is 55.2 Å². The van der Waals surface area contributed by atoms with Gasteiger partial charge >= 0.3 is 0 Å². The van der Waals surface area contributed by atoms with Crippen molar-refractivity contribution >= 4 is 22.6 Å². The van der Waals surface area contributed by atoms with E-state index < -0.39 is 0 Å². The molecule has 1 spiro atoms. The summed E-state index contributed by atoms with van der Waals surface area (Å²) < 4.78 is 0. The maximum absolute atomic E-state index is 5.05. The van der Waals surface area contributed by atoms with E-state index >= 15 is 0 Å². The first-order chi connectivity index (χ1) is 10.1. The van der Waals surface area contributed by atoms with Gasteiger partial charge in [0.2, 0.25) is 0 Å². The number of amidine groups is 1. The fourth-order valence-corrected chi connectivity index (χ4v) is 4.41. The molecule has 0 unspecified atom stereocenters. The summed E-state index contributed by atoms with van der Waals surface area (Å²) >= 11 is 1.90. The fraction of sp³-hybridized carbons (Fsp3) is 0.611. The zero-order valence-corrected chi connectivity index (χ0v) is 14.2. The summed E-state index contributed by atoms with van der Waals surface area (Å²) in [4.78, 5) is 5.05. The maximum atomic E-state index is 5.05. The lowest BCUT2D eigenvalue weighted by atomic mass is 9.79. The van der Waals surface area contributed by atoms with Crippen molar-refractivity contribution in [1.29, 1.82) is 0 Å². The molecule has 1 aliphatic carbocycles. The third-order valence-electron chi connectivity index (χ3n) is 4.83. The molecule has 3 rings (SSSR count). The number of anilines is 1. The molecule has 3 heteroatoms. The Kier molecular flexibility index (Phi) is 4.30. The van der Waals surface area contributed by atoms with Crippen LogP contribution in [0.25, 0.3) is 0 Å². The molecule has 2 aliphatic rings. The second-order valence-corrected chi connectivity index (χ2v) is 7.98. The van der Waals surface area contributed by atoms with Crippen LogP contribution in [0.2, 0.25) is 0 Å². The average Bonchev–Trinajstić information content (AvgIpc) is 2.86. The number of nitrogens with one attached hydrogen (secondary N) is 1. The molecule has 0 saturated heterocycles. The first-order valence-corrected chi connectivity index (χ1v) is 9.14. The average molecular weight is 302 g/mol. The molecule has 0 radical (unpaired) electrons. The zero-order chi connectivity index (χ0) is 14.9. The first kappa shape index (κ1) is 15.0. The molecule has 114 valence electrons. The lowest BCUT2D eigenvalue weighted by Crippen LogP contribution is -2.32. The molecule has 1 aliphatic heterocycles. The molecule has 0 atom stereocenters. The number of nitrogens with zero attached hydrogens (tertiary/aromatic N) is 1. The quantitative estimate of drug-likeness (QED) is 0.804. The van der Waals surface area contributed by atoms with Gasteiger partial charge in [-0.1, -0.05) is 44.7 Å². The summed E-state index contributed by atoms with van der Waals surface area (Å²) in [6, 6.07) is 8.73. The zero-order valence-electron chi connectivity index (χ0n) is 13.4. The highest BCUT2D eigenvalue weighted by Gasteiger charge is 2.38. The van der Waals surface area contributed by atoms with Crippen LogP contribution in [0.3, 0.4) is 0 Å². The van der Waals surface area contributed by atoms with Crippen molar-refractivity contribution in [3.8, 4) is 0 Å². The van der Waals surface area contributed by atoms with Crippen LogP contribution < -0.4 is 5.32 Å². The third-order valence-corrected chi connectivity index (χ3v) is 5.97. The number of hydrogen-bond donors (Lipinski definition) is 1. The summed E-state index contributed by atoms with van der Waals surface area (Å²) in [5, 5.41) is 4.65. The summed E-state index contributed by atoms with van der Waals surface area (Å²) in [6.07, 6.45) is 5.19. The Balaban J connectivity index is 1.70. The molecule has 1 aromatic carbocycles. The van der Waals surface area contributed by atoms with Gasteiger partial charge in [-0.25, -0.2) is 0 Å². The summed E-state index contributed by atoms with van der Waals surface area (Å²) in [6.45, 7) is 6.84. The minimum absolute atomic E-state index is 0.231. The minimum atomic E-state index is 0.231. The Bertz CT molecular complexity index is 528. The van der Waals surface area contributed by atoms with Crippen LogP contribution in [0.1, 0.15) is 57.9 Å². The van der Waals surface area contributed by atoms with Gasteiger partial charge in [0.1, 0.15) is 0 Å².